The summed E-state index contributed by atoms with van der Waals surface area (Å²) in [6.45, 7) is 0.760. The average Bonchev–Trinajstić information content (AvgIpc) is 3.29. The highest BCUT2D eigenvalue weighted by molar-refractivity contribution is 9.10. The van der Waals surface area contributed by atoms with Crippen LogP contribution < -0.4 is 15.7 Å². The molecular weight excluding hydrogens is 442 g/mol. The summed E-state index contributed by atoms with van der Waals surface area (Å²) in [5.74, 6) is 3.01. The van der Waals surface area contributed by atoms with E-state index in [0.29, 0.717) is 18.8 Å². The molecule has 27 heavy (non-hydrogen) atoms. The van der Waals surface area contributed by atoms with Gasteiger partial charge in [-0.05, 0) is 56.1 Å². The number of nitrogens with one attached hydrogen (secondary N) is 3. The molecule has 1 aliphatic rings. The van der Waals surface area contributed by atoms with Crippen molar-refractivity contribution in [1.82, 2.24) is 15.4 Å². The van der Waals surface area contributed by atoms with Crippen molar-refractivity contribution in [1.29, 1.82) is 0 Å². The Bertz CT molecular complexity index is 945. The summed E-state index contributed by atoms with van der Waals surface area (Å²) in [6, 6.07) is 4.20. The Morgan fingerprint density at radius 3 is 2.78 bits per heavy atom. The molecule has 0 fully saturated rings. The summed E-state index contributed by atoms with van der Waals surface area (Å²) in [4.78, 5) is 0. The molecule has 0 saturated heterocycles. The number of nitrogens with zero attached hydrogens (tertiary/aromatic N) is 3. The number of amidine groups is 1. The van der Waals surface area contributed by atoms with Gasteiger partial charge in [0.05, 0.1) is 4.47 Å². The van der Waals surface area contributed by atoms with Crippen LogP contribution in [0.2, 0.25) is 0 Å². The first-order valence-electron chi connectivity index (χ1n) is 7.73. The van der Waals surface area contributed by atoms with Gasteiger partial charge in [-0.15, -0.1) is 0 Å². The van der Waals surface area contributed by atoms with E-state index in [-0.39, 0.29) is 21.8 Å². The van der Waals surface area contributed by atoms with Crippen molar-refractivity contribution in [3.05, 3.63) is 58.0 Å². The Morgan fingerprint density at radius 1 is 1.30 bits per heavy atom. The van der Waals surface area contributed by atoms with E-state index in [9.17, 15) is 14.2 Å². The molecule has 0 amide bonds. The second-order valence-corrected chi connectivity index (χ2v) is 8.58. The lowest BCUT2D eigenvalue weighted by Gasteiger charge is -2.11. The van der Waals surface area contributed by atoms with Gasteiger partial charge in [-0.25, -0.2) is 9.02 Å². The first kappa shape index (κ1) is 19.3. The number of halogens is 2. The van der Waals surface area contributed by atoms with E-state index in [2.05, 4.69) is 47.1 Å². The number of rotatable bonds is 7. The third kappa shape index (κ3) is 4.82. The number of anilines is 2. The molecule has 0 spiro atoms. The number of hydrogen-bond donors (Lipinski definition) is 4. The third-order valence-electron chi connectivity index (χ3n) is 3.50. The molecule has 2 aromatic rings. The summed E-state index contributed by atoms with van der Waals surface area (Å²) < 4.78 is 30.5. The van der Waals surface area contributed by atoms with Crippen molar-refractivity contribution in [2.45, 2.75) is 0 Å². The van der Waals surface area contributed by atoms with Crippen LogP contribution in [0.25, 0.3) is 0 Å². The smallest absolute Gasteiger partial charge is 0.203 e. The molecule has 0 bridgehead atoms. The topological polar surface area (TPSA) is 125 Å². The van der Waals surface area contributed by atoms with Gasteiger partial charge in [0.1, 0.15) is 5.82 Å². The predicted molar refractivity (Wildman–Crippen MR) is 103 cm³/mol. The fourth-order valence-corrected chi connectivity index (χ4v) is 4.08. The highest BCUT2D eigenvalue weighted by atomic mass is 79.9. The van der Waals surface area contributed by atoms with Crippen molar-refractivity contribution in [2.75, 3.05) is 23.7 Å². The van der Waals surface area contributed by atoms with Crippen LogP contribution >= 0.6 is 23.2 Å². The van der Waals surface area contributed by atoms with E-state index in [4.69, 9.17) is 4.63 Å². The second kappa shape index (κ2) is 8.47. The van der Waals surface area contributed by atoms with Crippen LogP contribution in [0.5, 0.6) is 0 Å². The first-order valence-corrected chi connectivity index (χ1v) is 10.4. The monoisotopic (exact) mass is 456 g/mol. The molecule has 9 nitrogen and oxygen atoms in total. The van der Waals surface area contributed by atoms with Crippen LogP contribution in [0.1, 0.15) is 5.69 Å². The van der Waals surface area contributed by atoms with Gasteiger partial charge < -0.3 is 15.8 Å². The predicted octanol–water partition coefficient (Wildman–Crippen LogP) is 3.54. The number of aromatic nitrogens is 2. The molecule has 142 valence electrons. The van der Waals surface area contributed by atoms with Crippen LogP contribution in [0, 0.1) is 5.82 Å². The maximum Gasteiger partial charge on any atom is 0.203 e. The SMILES string of the molecule is O=P1(NCCNc2nonc2C(=NO)Nc2ccc(F)c(Br)c2)C=CC=C1. The van der Waals surface area contributed by atoms with Gasteiger partial charge in [0.2, 0.25) is 11.7 Å². The van der Waals surface area contributed by atoms with Crippen molar-refractivity contribution >= 4 is 40.6 Å². The zero-order valence-electron chi connectivity index (χ0n) is 13.8. The van der Waals surface area contributed by atoms with Gasteiger partial charge in [-0.3, -0.25) is 9.65 Å². The van der Waals surface area contributed by atoms with Gasteiger partial charge in [-0.2, -0.15) is 0 Å². The third-order valence-corrected chi connectivity index (χ3v) is 6.05. The number of allylic oxidation sites excluding steroid dienone is 2. The molecule has 0 aliphatic carbocycles. The zero-order chi connectivity index (χ0) is 19.3. The van der Waals surface area contributed by atoms with E-state index in [1.54, 1.807) is 23.8 Å². The molecule has 12 heteroatoms. The van der Waals surface area contributed by atoms with Crippen LogP contribution in [0.4, 0.5) is 15.9 Å². The summed E-state index contributed by atoms with van der Waals surface area (Å²) in [6.07, 6.45) is 3.45. The van der Waals surface area contributed by atoms with Crippen molar-refractivity contribution in [3.8, 4) is 0 Å². The summed E-state index contributed by atoms with van der Waals surface area (Å²) in [5, 5.41) is 28.6. The minimum atomic E-state index is -2.59. The summed E-state index contributed by atoms with van der Waals surface area (Å²) in [5.41, 5.74) is 0.592. The molecule has 1 aliphatic heterocycles. The minimum Gasteiger partial charge on any atom is -0.409 e. The molecule has 1 aromatic heterocycles. The highest BCUT2D eigenvalue weighted by Crippen LogP contribution is 2.47. The molecule has 4 N–H and O–H groups in total. The molecule has 0 radical (unpaired) electrons. The summed E-state index contributed by atoms with van der Waals surface area (Å²) >= 11 is 3.08. The van der Waals surface area contributed by atoms with Crippen molar-refractivity contribution < 1.29 is 18.8 Å². The van der Waals surface area contributed by atoms with Gasteiger partial charge in [0.15, 0.2) is 13.0 Å². The average molecular weight is 457 g/mol. The second-order valence-electron chi connectivity index (χ2n) is 5.39. The largest absolute Gasteiger partial charge is 0.409 e. The normalized spacial score (nSPS) is 15.3. The van der Waals surface area contributed by atoms with Crippen LogP contribution in [-0.4, -0.2) is 34.4 Å². The van der Waals surface area contributed by atoms with Gasteiger partial charge in [0, 0.05) is 18.8 Å². The van der Waals surface area contributed by atoms with E-state index in [1.165, 1.54) is 18.2 Å². The van der Waals surface area contributed by atoms with Crippen LogP contribution in [0.15, 0.2) is 56.2 Å². The Kier molecular flexibility index (Phi) is 6.04. The molecule has 2 heterocycles. The molecule has 0 saturated carbocycles. The fourth-order valence-electron chi connectivity index (χ4n) is 2.22. The molecule has 0 atom stereocenters. The van der Waals surface area contributed by atoms with Crippen molar-refractivity contribution in [2.24, 2.45) is 5.16 Å². The van der Waals surface area contributed by atoms with Crippen LogP contribution in [-0.2, 0) is 4.57 Å². The zero-order valence-corrected chi connectivity index (χ0v) is 16.2. The standard InChI is InChI=1S/C15H15BrFN6O3P/c16-11-9-10(3-4-12(11)17)20-15(21-24)13-14(23-26-22-13)18-5-6-19-27(25)7-1-2-8-27/h1-4,7-9,24H,5-6H2,(H,18,23)(H,19,25)(H,20,21). The van der Waals surface area contributed by atoms with E-state index in [0.717, 1.165) is 0 Å². The lowest BCUT2D eigenvalue weighted by Crippen LogP contribution is -2.21. The Hall–Kier alpha value is -2.49. The Balaban J connectivity index is 1.62. The van der Waals surface area contributed by atoms with E-state index in [1.807, 2.05) is 0 Å². The maximum absolute atomic E-state index is 13.3. The quantitative estimate of drug-likeness (QED) is 0.124. The molecular formula is C15H15BrFN6O3P. The number of hydrogen-bond acceptors (Lipinski definition) is 7. The van der Waals surface area contributed by atoms with Crippen molar-refractivity contribution in [3.63, 3.8) is 0 Å². The van der Waals surface area contributed by atoms with E-state index < -0.39 is 13.1 Å². The number of benzene rings is 1. The lowest BCUT2D eigenvalue weighted by molar-refractivity contribution is 0.305. The lowest BCUT2D eigenvalue weighted by atomic mass is 10.3. The Labute approximate surface area is 161 Å². The first-order chi connectivity index (χ1) is 13.0. The number of oxime groups is 1. The molecule has 3 rings (SSSR count). The Morgan fingerprint density at radius 2 is 2.07 bits per heavy atom. The fraction of sp³-hybridized carbons (Fsp3) is 0.133. The van der Waals surface area contributed by atoms with Crippen LogP contribution in [0.3, 0.4) is 0 Å². The van der Waals surface area contributed by atoms with E-state index >= 15 is 0 Å². The van der Waals surface area contributed by atoms with Gasteiger partial charge in [0.25, 0.3) is 0 Å². The molecule has 1 aromatic carbocycles. The maximum atomic E-state index is 13.3. The summed E-state index contributed by atoms with van der Waals surface area (Å²) in [7, 11) is -2.59. The minimum absolute atomic E-state index is 0.0420. The van der Waals surface area contributed by atoms with Gasteiger partial charge in [-0.1, -0.05) is 17.3 Å². The molecule has 0 unspecified atom stereocenters. The van der Waals surface area contributed by atoms with Gasteiger partial charge >= 0.3 is 0 Å². The highest BCUT2D eigenvalue weighted by Gasteiger charge is 2.19.